The quantitative estimate of drug-likeness (QED) is 0.324. The van der Waals surface area contributed by atoms with Crippen molar-refractivity contribution in [3.05, 3.63) is 70.0 Å². The predicted molar refractivity (Wildman–Crippen MR) is 125 cm³/mol. The van der Waals surface area contributed by atoms with E-state index in [1.54, 1.807) is 14.0 Å². The number of aromatic nitrogens is 1. The van der Waals surface area contributed by atoms with Gasteiger partial charge in [-0.2, -0.15) is 5.10 Å². The second kappa shape index (κ2) is 9.23. The van der Waals surface area contributed by atoms with Crippen molar-refractivity contribution in [3.8, 4) is 17.1 Å². The molecule has 8 heteroatoms. The maximum atomic E-state index is 11.9. The van der Waals surface area contributed by atoms with Gasteiger partial charge in [0.2, 0.25) is 5.13 Å². The van der Waals surface area contributed by atoms with Gasteiger partial charge in [0.1, 0.15) is 22.0 Å². The summed E-state index contributed by atoms with van der Waals surface area (Å²) in [7, 11) is 2.99. The van der Waals surface area contributed by atoms with Crippen molar-refractivity contribution in [2.75, 3.05) is 19.6 Å². The number of fused-ring (bicyclic) bond motifs is 1. The van der Waals surface area contributed by atoms with Gasteiger partial charge in [0.25, 0.3) is 0 Å². The largest absolute Gasteiger partial charge is 0.497 e. The molecule has 1 N–H and O–H groups in total. The summed E-state index contributed by atoms with van der Waals surface area (Å²) in [6, 6.07) is 15.6. The van der Waals surface area contributed by atoms with Crippen molar-refractivity contribution in [2.24, 2.45) is 5.10 Å². The molecule has 0 aliphatic heterocycles. The molecule has 0 radical (unpaired) electrons. The number of anilines is 1. The Morgan fingerprint density at radius 1 is 1.16 bits per heavy atom. The lowest BCUT2D eigenvalue weighted by Crippen LogP contribution is -2.08. The molecule has 2 heterocycles. The molecular weight excluding hydrogens is 426 g/mol. The summed E-state index contributed by atoms with van der Waals surface area (Å²) >= 11 is 1.20. The Hall–Kier alpha value is -3.65. The van der Waals surface area contributed by atoms with Crippen LogP contribution in [0.15, 0.2) is 58.0 Å². The van der Waals surface area contributed by atoms with Gasteiger partial charge in [-0.15, -0.1) is 0 Å². The highest BCUT2D eigenvalue weighted by atomic mass is 32.1. The summed E-state index contributed by atoms with van der Waals surface area (Å²) < 4.78 is 16.2. The van der Waals surface area contributed by atoms with Crippen molar-refractivity contribution >= 4 is 33.4 Å². The van der Waals surface area contributed by atoms with E-state index in [-0.39, 0.29) is 0 Å². The van der Waals surface area contributed by atoms with Gasteiger partial charge in [0.15, 0.2) is 0 Å². The van der Waals surface area contributed by atoms with Crippen LogP contribution in [0.3, 0.4) is 0 Å². The number of hydrogen-bond acceptors (Lipinski definition) is 8. The smallest absolute Gasteiger partial charge is 0.350 e. The molecule has 2 aromatic carbocycles. The number of hydrogen-bond donors (Lipinski definition) is 1. The number of thiazole rings is 1. The van der Waals surface area contributed by atoms with Crippen LogP contribution in [-0.2, 0) is 11.2 Å². The summed E-state index contributed by atoms with van der Waals surface area (Å²) in [5.74, 6) is 1.04. The Kier molecular flexibility index (Phi) is 6.23. The van der Waals surface area contributed by atoms with Gasteiger partial charge in [-0.3, -0.25) is 5.43 Å². The minimum Gasteiger partial charge on any atom is -0.497 e. The monoisotopic (exact) mass is 449 g/mol. The van der Waals surface area contributed by atoms with E-state index >= 15 is 0 Å². The molecule has 0 amide bonds. The molecule has 0 spiro atoms. The molecule has 32 heavy (non-hydrogen) atoms. The minimum atomic E-state index is -0.411. The van der Waals surface area contributed by atoms with E-state index in [0.29, 0.717) is 26.8 Å². The van der Waals surface area contributed by atoms with Crippen molar-refractivity contribution in [3.63, 3.8) is 0 Å². The van der Waals surface area contributed by atoms with Gasteiger partial charge in [0, 0.05) is 17.0 Å². The number of nitrogens with one attached hydrogen (secondary N) is 1. The zero-order valence-corrected chi connectivity index (χ0v) is 19.1. The number of carbonyl (C=O) groups excluding carboxylic acids is 1. The first-order valence-electron chi connectivity index (χ1n) is 10.1. The van der Waals surface area contributed by atoms with Crippen LogP contribution in [-0.4, -0.2) is 25.2 Å². The number of nitrogens with zero attached hydrogens (tertiary/aromatic N) is 2. The van der Waals surface area contributed by atoms with Crippen molar-refractivity contribution < 1.29 is 18.7 Å². The van der Waals surface area contributed by atoms with Crippen molar-refractivity contribution in [1.82, 2.24) is 4.98 Å². The molecule has 0 saturated heterocycles. The van der Waals surface area contributed by atoms with Gasteiger partial charge < -0.3 is 13.9 Å². The predicted octanol–water partition coefficient (Wildman–Crippen LogP) is 5.15. The summed E-state index contributed by atoms with van der Waals surface area (Å²) in [6.07, 6.45) is 0.900. The van der Waals surface area contributed by atoms with E-state index in [4.69, 9.17) is 13.9 Å². The van der Waals surface area contributed by atoms with E-state index in [1.165, 1.54) is 24.0 Å². The van der Waals surface area contributed by atoms with Crippen LogP contribution in [0.2, 0.25) is 0 Å². The highest BCUT2D eigenvalue weighted by Gasteiger charge is 2.15. The molecule has 4 aromatic rings. The van der Waals surface area contributed by atoms with Crippen LogP contribution >= 0.6 is 11.3 Å². The Morgan fingerprint density at radius 2 is 1.94 bits per heavy atom. The first-order chi connectivity index (χ1) is 15.5. The summed E-state index contributed by atoms with van der Waals surface area (Å²) in [6.45, 7) is 3.87. The van der Waals surface area contributed by atoms with Gasteiger partial charge in [-0.05, 0) is 55.3 Å². The number of carbonyl (C=O) groups is 1. The van der Waals surface area contributed by atoms with Crippen LogP contribution in [0.1, 0.15) is 27.9 Å². The molecule has 164 valence electrons. The normalized spacial score (nSPS) is 11.6. The van der Waals surface area contributed by atoms with E-state index in [1.807, 2.05) is 42.5 Å². The fourth-order valence-corrected chi connectivity index (χ4v) is 4.09. The summed E-state index contributed by atoms with van der Waals surface area (Å²) in [5, 5.41) is 6.70. The molecule has 7 nitrogen and oxygen atoms in total. The molecule has 0 aliphatic rings. The average Bonchev–Trinajstić information content (AvgIpc) is 3.21. The maximum Gasteiger partial charge on any atom is 0.350 e. The van der Waals surface area contributed by atoms with Gasteiger partial charge in [0.05, 0.1) is 25.3 Å². The first-order valence-corrected chi connectivity index (χ1v) is 10.9. The Bertz CT molecular complexity index is 1340. The molecule has 0 fully saturated rings. The van der Waals surface area contributed by atoms with Gasteiger partial charge >= 0.3 is 5.97 Å². The highest BCUT2D eigenvalue weighted by Crippen LogP contribution is 2.26. The maximum absolute atomic E-state index is 11.9. The Balaban J connectivity index is 1.81. The van der Waals surface area contributed by atoms with Crippen LogP contribution in [0.5, 0.6) is 5.75 Å². The molecule has 2 aromatic heterocycles. The molecule has 0 atom stereocenters. The van der Waals surface area contributed by atoms with E-state index in [0.717, 1.165) is 28.7 Å². The fraction of sp³-hybridized carbons (Fsp3) is 0.208. The first kappa shape index (κ1) is 21.6. The number of methoxy groups -OCH3 is 2. The third-order valence-electron chi connectivity index (χ3n) is 5.03. The van der Waals surface area contributed by atoms with E-state index < -0.39 is 5.97 Å². The summed E-state index contributed by atoms with van der Waals surface area (Å²) in [5.41, 5.74) is 6.40. The SMILES string of the molecule is CCc1ccc2oc(-c3ccc(OC)cc3)cc(=NNc3nc(C)c(C(=O)OC)s3)c2c1. The second-order valence-corrected chi connectivity index (χ2v) is 8.06. The zero-order chi connectivity index (χ0) is 22.7. The number of benzene rings is 2. The van der Waals surface area contributed by atoms with E-state index in [2.05, 4.69) is 28.5 Å². The lowest BCUT2D eigenvalue weighted by molar-refractivity contribution is 0.0605. The molecule has 4 rings (SSSR count). The Labute approximate surface area is 189 Å². The number of rotatable bonds is 6. The fourth-order valence-electron chi connectivity index (χ4n) is 3.26. The third kappa shape index (κ3) is 4.36. The van der Waals surface area contributed by atoms with Crippen LogP contribution < -0.4 is 15.5 Å². The lowest BCUT2D eigenvalue weighted by Gasteiger charge is -2.07. The van der Waals surface area contributed by atoms with Crippen molar-refractivity contribution in [2.45, 2.75) is 20.3 Å². The van der Waals surface area contributed by atoms with Crippen LogP contribution in [0, 0.1) is 6.92 Å². The van der Waals surface area contributed by atoms with Gasteiger partial charge in [-0.1, -0.05) is 24.3 Å². The topological polar surface area (TPSA) is 86.0 Å². The van der Waals surface area contributed by atoms with Gasteiger partial charge in [-0.25, -0.2) is 9.78 Å². The van der Waals surface area contributed by atoms with E-state index in [9.17, 15) is 4.79 Å². The number of aryl methyl sites for hydroxylation is 2. The lowest BCUT2D eigenvalue weighted by atomic mass is 10.1. The number of esters is 1. The van der Waals surface area contributed by atoms with Crippen LogP contribution in [0.4, 0.5) is 5.13 Å². The summed E-state index contributed by atoms with van der Waals surface area (Å²) in [4.78, 5) is 16.7. The minimum absolute atomic E-state index is 0.411. The second-order valence-electron chi connectivity index (χ2n) is 7.06. The molecule has 0 aliphatic carbocycles. The van der Waals surface area contributed by atoms with Crippen LogP contribution in [0.25, 0.3) is 22.3 Å². The third-order valence-corrected chi connectivity index (χ3v) is 6.07. The molecular formula is C24H23N3O4S. The Morgan fingerprint density at radius 3 is 2.62 bits per heavy atom. The molecule has 0 unspecified atom stereocenters. The molecule has 0 saturated carbocycles. The number of ether oxygens (including phenoxy) is 2. The zero-order valence-electron chi connectivity index (χ0n) is 18.3. The standard InChI is InChI=1S/C24H23N3O4S/c1-5-15-6-11-20-18(12-15)19(13-21(31-20)16-7-9-17(29-3)10-8-16)26-27-24-25-14(2)22(32-24)23(28)30-4/h6-13H,5H2,1-4H3,(H,25,27). The van der Waals surface area contributed by atoms with Crippen molar-refractivity contribution in [1.29, 1.82) is 0 Å². The molecule has 0 bridgehead atoms. The highest BCUT2D eigenvalue weighted by molar-refractivity contribution is 7.17. The average molecular weight is 450 g/mol.